The number of hydrogen-bond donors (Lipinski definition) is 3. The molecule has 162 valence electrons. The highest BCUT2D eigenvalue weighted by Crippen LogP contribution is 2.33. The summed E-state index contributed by atoms with van der Waals surface area (Å²) in [6.45, 7) is 0. The average Bonchev–Trinajstić information content (AvgIpc) is 2.58. The number of sulfonamides is 1. The van der Waals surface area contributed by atoms with Crippen molar-refractivity contribution in [3.05, 3.63) is 0 Å². The number of halogens is 4. The third-order valence-corrected chi connectivity index (χ3v) is 7.93. The molecule has 0 aromatic carbocycles. The van der Waals surface area contributed by atoms with Gasteiger partial charge in [-0.1, -0.05) is 0 Å². The summed E-state index contributed by atoms with van der Waals surface area (Å²) in [6, 6.07) is -1.32. The van der Waals surface area contributed by atoms with Gasteiger partial charge in [0.2, 0.25) is 15.9 Å². The van der Waals surface area contributed by atoms with Gasteiger partial charge in [-0.25, -0.2) is 30.7 Å². The molecule has 11 heteroatoms. The molecule has 0 aromatic heterocycles. The molecule has 3 rings (SSSR count). The first kappa shape index (κ1) is 21.8. The Morgan fingerprint density at radius 1 is 0.857 bits per heavy atom. The maximum atomic E-state index is 14.3. The number of hydrogen-bond acceptors (Lipinski definition) is 4. The molecule has 3 fully saturated rings. The van der Waals surface area contributed by atoms with Gasteiger partial charge in [0.1, 0.15) is 23.8 Å². The molecular formula is C17H26F4N2O4S. The van der Waals surface area contributed by atoms with Gasteiger partial charge in [-0.15, -0.1) is 0 Å². The maximum absolute atomic E-state index is 14.3. The fraction of sp³-hybridized carbons (Fsp3) is 0.941. The van der Waals surface area contributed by atoms with E-state index in [1.165, 1.54) is 0 Å². The van der Waals surface area contributed by atoms with E-state index in [2.05, 4.69) is 10.0 Å². The van der Waals surface area contributed by atoms with E-state index in [0.29, 0.717) is 0 Å². The first-order valence-corrected chi connectivity index (χ1v) is 11.2. The summed E-state index contributed by atoms with van der Waals surface area (Å²) >= 11 is 0. The highest BCUT2D eigenvalue weighted by atomic mass is 32.2. The predicted molar refractivity (Wildman–Crippen MR) is 93.0 cm³/mol. The minimum Gasteiger partial charge on any atom is -0.393 e. The highest BCUT2D eigenvalue weighted by molar-refractivity contribution is 7.90. The van der Waals surface area contributed by atoms with Gasteiger partial charge >= 0.3 is 0 Å². The van der Waals surface area contributed by atoms with Crippen LogP contribution < -0.4 is 10.0 Å². The lowest BCUT2D eigenvalue weighted by Crippen LogP contribution is -2.54. The van der Waals surface area contributed by atoms with Crippen LogP contribution in [0.4, 0.5) is 17.6 Å². The van der Waals surface area contributed by atoms with E-state index in [1.54, 1.807) is 0 Å². The Balaban J connectivity index is 1.58. The van der Waals surface area contributed by atoms with E-state index in [9.17, 15) is 35.9 Å². The Bertz CT molecular complexity index is 664. The zero-order valence-electron chi connectivity index (χ0n) is 15.2. The summed E-state index contributed by atoms with van der Waals surface area (Å²) in [5, 5.41) is 10.3. The van der Waals surface area contributed by atoms with Crippen LogP contribution in [0.15, 0.2) is 0 Å². The summed E-state index contributed by atoms with van der Waals surface area (Å²) < 4.78 is 81.9. The molecule has 1 amide bonds. The molecule has 0 radical (unpaired) electrons. The van der Waals surface area contributed by atoms with Gasteiger partial charge in [-0.3, -0.25) is 4.79 Å². The van der Waals surface area contributed by atoms with E-state index in [0.717, 1.165) is 0 Å². The number of amides is 1. The lowest BCUT2D eigenvalue weighted by Gasteiger charge is -2.36. The molecule has 3 N–H and O–H groups in total. The van der Waals surface area contributed by atoms with Crippen molar-refractivity contribution in [3.63, 3.8) is 0 Å². The minimum atomic E-state index is -4.03. The number of alkyl halides is 4. The molecule has 3 aliphatic rings. The number of aliphatic hydroxyl groups is 1. The molecule has 0 aliphatic heterocycles. The van der Waals surface area contributed by atoms with Crippen molar-refractivity contribution < 1.29 is 35.9 Å². The Labute approximate surface area is 161 Å². The van der Waals surface area contributed by atoms with Gasteiger partial charge in [0.05, 0.1) is 6.10 Å². The van der Waals surface area contributed by atoms with Crippen LogP contribution in [0.5, 0.6) is 0 Å². The molecular weight excluding hydrogens is 404 g/mol. The van der Waals surface area contributed by atoms with Crippen molar-refractivity contribution in [2.45, 2.75) is 93.1 Å². The Kier molecular flexibility index (Phi) is 6.55. The van der Waals surface area contributed by atoms with Crippen LogP contribution in [0.25, 0.3) is 0 Å². The van der Waals surface area contributed by atoms with Crippen molar-refractivity contribution in [3.8, 4) is 0 Å². The van der Waals surface area contributed by atoms with E-state index in [4.69, 9.17) is 0 Å². The number of carbonyl (C=O) groups is 1. The zero-order chi connectivity index (χ0) is 20.6. The van der Waals surface area contributed by atoms with Crippen LogP contribution in [0, 0.1) is 5.92 Å². The van der Waals surface area contributed by atoms with Crippen molar-refractivity contribution in [1.29, 1.82) is 0 Å². The van der Waals surface area contributed by atoms with Crippen LogP contribution in [0.1, 0.15) is 44.9 Å². The van der Waals surface area contributed by atoms with Crippen LogP contribution in [-0.4, -0.2) is 67.6 Å². The zero-order valence-corrected chi connectivity index (χ0v) is 16.1. The Morgan fingerprint density at radius 2 is 1.46 bits per heavy atom. The van der Waals surface area contributed by atoms with Crippen molar-refractivity contribution in [2.75, 3.05) is 0 Å². The Morgan fingerprint density at radius 3 is 2.04 bits per heavy atom. The smallest absolute Gasteiger partial charge is 0.223 e. The summed E-state index contributed by atoms with van der Waals surface area (Å²) in [4.78, 5) is 12.5. The van der Waals surface area contributed by atoms with E-state index in [-0.39, 0.29) is 44.9 Å². The lowest BCUT2D eigenvalue weighted by molar-refractivity contribution is -0.127. The summed E-state index contributed by atoms with van der Waals surface area (Å²) in [7, 11) is -4.03. The maximum Gasteiger partial charge on any atom is 0.223 e. The third kappa shape index (κ3) is 4.79. The van der Waals surface area contributed by atoms with Crippen LogP contribution in [-0.2, 0) is 14.8 Å². The normalized spacial score (nSPS) is 44.5. The second-order valence-electron chi connectivity index (χ2n) is 8.20. The van der Waals surface area contributed by atoms with Gasteiger partial charge in [-0.05, 0) is 32.1 Å². The fourth-order valence-electron chi connectivity index (χ4n) is 4.22. The van der Waals surface area contributed by atoms with Gasteiger partial charge in [0.25, 0.3) is 0 Å². The van der Waals surface area contributed by atoms with Crippen molar-refractivity contribution >= 4 is 15.9 Å². The average molecular weight is 430 g/mol. The SMILES string of the molecule is O=C(NC1CC(F)C(F)C(F)C1)C1CCC(F)C(S(=O)(=O)NC2CC(O)C2)C1. The third-order valence-electron chi connectivity index (χ3n) is 5.98. The Hall–Kier alpha value is -0.940. The molecule has 0 spiro atoms. The van der Waals surface area contributed by atoms with E-state index in [1.807, 2.05) is 0 Å². The highest BCUT2D eigenvalue weighted by Gasteiger charge is 2.45. The van der Waals surface area contributed by atoms with Gasteiger partial charge in [0, 0.05) is 30.8 Å². The molecule has 0 bridgehead atoms. The van der Waals surface area contributed by atoms with Crippen LogP contribution in [0.3, 0.4) is 0 Å². The first-order valence-electron chi connectivity index (χ1n) is 9.62. The van der Waals surface area contributed by atoms with Crippen molar-refractivity contribution in [2.24, 2.45) is 5.92 Å². The predicted octanol–water partition coefficient (Wildman–Crippen LogP) is 1.23. The summed E-state index contributed by atoms with van der Waals surface area (Å²) in [5.74, 6) is -1.40. The molecule has 28 heavy (non-hydrogen) atoms. The quantitative estimate of drug-likeness (QED) is 0.572. The van der Waals surface area contributed by atoms with Crippen LogP contribution >= 0.6 is 0 Å². The van der Waals surface area contributed by atoms with E-state index >= 15 is 0 Å². The monoisotopic (exact) mass is 430 g/mol. The molecule has 5 atom stereocenters. The fourth-order valence-corrected chi connectivity index (χ4v) is 6.06. The topological polar surface area (TPSA) is 95.5 Å². The molecule has 0 heterocycles. The molecule has 6 nitrogen and oxygen atoms in total. The first-order chi connectivity index (χ1) is 13.1. The molecule has 3 aliphatic carbocycles. The standard InChI is InChI=1S/C17H26F4N2O4S/c18-12-2-1-8(3-15(12)28(26,27)23-10-4-11(24)5-10)17(25)22-9-6-13(19)16(21)14(20)7-9/h8-16,23-24H,1-7H2,(H,22,25). The molecule has 3 saturated carbocycles. The van der Waals surface area contributed by atoms with Gasteiger partial charge in [-0.2, -0.15) is 0 Å². The summed E-state index contributed by atoms with van der Waals surface area (Å²) in [6.07, 6.45) is -8.83. The lowest BCUT2D eigenvalue weighted by atomic mass is 9.85. The molecule has 5 unspecified atom stereocenters. The van der Waals surface area contributed by atoms with Gasteiger partial charge < -0.3 is 10.4 Å². The number of carbonyl (C=O) groups excluding carboxylic acids is 1. The second-order valence-corrected chi connectivity index (χ2v) is 10.1. The van der Waals surface area contributed by atoms with Crippen molar-refractivity contribution in [1.82, 2.24) is 10.0 Å². The number of rotatable bonds is 5. The number of aliphatic hydroxyl groups excluding tert-OH is 1. The second kappa shape index (κ2) is 8.43. The summed E-state index contributed by atoms with van der Waals surface area (Å²) in [5.41, 5.74) is 0. The minimum absolute atomic E-state index is 0.119. The molecule has 0 aromatic rings. The van der Waals surface area contributed by atoms with Gasteiger partial charge in [0.15, 0.2) is 6.17 Å². The van der Waals surface area contributed by atoms with E-state index < -0.39 is 70.0 Å². The molecule has 0 saturated heterocycles. The largest absolute Gasteiger partial charge is 0.393 e. The number of nitrogens with one attached hydrogen (secondary N) is 2. The van der Waals surface area contributed by atoms with Crippen LogP contribution in [0.2, 0.25) is 0 Å².